The highest BCUT2D eigenvalue weighted by atomic mass is 35.5. The van der Waals surface area contributed by atoms with E-state index in [-0.39, 0.29) is 5.91 Å². The van der Waals surface area contributed by atoms with Crippen molar-refractivity contribution in [1.29, 1.82) is 0 Å². The van der Waals surface area contributed by atoms with Crippen LogP contribution in [0.5, 0.6) is 0 Å². The number of piperidine rings is 1. The van der Waals surface area contributed by atoms with E-state index < -0.39 is 0 Å². The molecule has 0 aliphatic carbocycles. The summed E-state index contributed by atoms with van der Waals surface area (Å²) < 4.78 is 2.04. The third-order valence-electron chi connectivity index (χ3n) is 4.94. The Kier molecular flexibility index (Phi) is 4.86. The van der Waals surface area contributed by atoms with E-state index >= 15 is 0 Å². The van der Waals surface area contributed by atoms with Crippen LogP contribution in [0.1, 0.15) is 18.9 Å². The van der Waals surface area contributed by atoms with Crippen LogP contribution in [0, 0.1) is 0 Å². The quantitative estimate of drug-likeness (QED) is 0.737. The third kappa shape index (κ3) is 3.57. The van der Waals surface area contributed by atoms with E-state index in [0.717, 1.165) is 37.0 Å². The maximum atomic E-state index is 12.3. The highest BCUT2D eigenvalue weighted by Gasteiger charge is 2.26. The Balaban J connectivity index is 1.34. The molecule has 0 radical (unpaired) electrons. The molecule has 1 amide bonds. The number of benzene rings is 2. The number of nitrogens with one attached hydrogen (secondary N) is 2. The number of halogens is 1. The average molecular weight is 371 g/mol. The van der Waals surface area contributed by atoms with Crippen LogP contribution < -0.4 is 10.2 Å². The van der Waals surface area contributed by atoms with E-state index in [0.29, 0.717) is 23.3 Å². The summed E-state index contributed by atoms with van der Waals surface area (Å²) in [6.07, 6.45) is 1.98. The first kappa shape index (κ1) is 17.0. The molecule has 3 aromatic rings. The number of hydrogen-bond donors (Lipinski definition) is 2. The molecule has 1 fully saturated rings. The van der Waals surface area contributed by atoms with E-state index in [1.54, 1.807) is 6.07 Å². The summed E-state index contributed by atoms with van der Waals surface area (Å²) >= 11 is 6.10. The van der Waals surface area contributed by atoms with E-state index in [1.807, 2.05) is 41.1 Å². The Morgan fingerprint density at radius 2 is 1.88 bits per heavy atom. The maximum absolute atomic E-state index is 12.3. The first-order valence-electron chi connectivity index (χ1n) is 8.88. The van der Waals surface area contributed by atoms with Gasteiger partial charge in [0.2, 0.25) is 0 Å². The average Bonchev–Trinajstić information content (AvgIpc) is 3.08. The van der Waals surface area contributed by atoms with Gasteiger partial charge in [0.25, 0.3) is 5.91 Å². The monoisotopic (exact) mass is 370 g/mol. The molecule has 2 N–H and O–H groups in total. The molecule has 1 aromatic heterocycles. The van der Waals surface area contributed by atoms with Gasteiger partial charge in [-0.25, -0.2) is 4.68 Å². The topological polar surface area (TPSA) is 64.2 Å². The van der Waals surface area contributed by atoms with Crippen LogP contribution >= 0.6 is 11.6 Å². The molecule has 0 spiro atoms. The van der Waals surface area contributed by atoms with Crippen LogP contribution in [0.15, 0.2) is 48.5 Å². The van der Waals surface area contributed by atoms with Crippen LogP contribution in [-0.2, 0) is 4.79 Å². The van der Waals surface area contributed by atoms with Gasteiger partial charge >= 0.3 is 0 Å². The number of hydrogen-bond acceptors (Lipinski definition) is 3. The summed E-state index contributed by atoms with van der Waals surface area (Å²) in [5.41, 5.74) is 2.68. The smallest absolute Gasteiger partial charge is 0.279 e. The van der Waals surface area contributed by atoms with Crippen LogP contribution in [0.3, 0.4) is 0 Å². The van der Waals surface area contributed by atoms with Gasteiger partial charge in [0.1, 0.15) is 5.52 Å². The van der Waals surface area contributed by atoms with Gasteiger partial charge in [-0.2, -0.15) is 0 Å². The summed E-state index contributed by atoms with van der Waals surface area (Å²) in [5.74, 6) is -0.00208. The largest absolute Gasteiger partial charge is 0.327 e. The molecule has 26 heavy (non-hydrogen) atoms. The number of nitrogens with zero attached hydrogens (tertiary/aromatic N) is 3. The molecular weight excluding hydrogens is 350 g/mol. The Morgan fingerprint density at radius 1 is 1.15 bits per heavy atom. The van der Waals surface area contributed by atoms with Crippen molar-refractivity contribution >= 4 is 34.2 Å². The Labute approximate surface area is 156 Å². The first-order valence-corrected chi connectivity index (χ1v) is 9.26. The van der Waals surface area contributed by atoms with Crippen molar-refractivity contribution in [2.24, 2.45) is 0 Å². The van der Waals surface area contributed by atoms with Gasteiger partial charge in [-0.3, -0.25) is 4.79 Å². The van der Waals surface area contributed by atoms with Crippen molar-refractivity contribution in [3.8, 4) is 0 Å². The van der Waals surface area contributed by atoms with E-state index in [1.165, 1.54) is 4.90 Å². The first-order chi connectivity index (χ1) is 12.7. The van der Waals surface area contributed by atoms with Gasteiger partial charge in [0.15, 0.2) is 6.54 Å². The number of rotatable bonds is 4. The Bertz CT molecular complexity index is 917. The van der Waals surface area contributed by atoms with Crippen LogP contribution in [0.4, 0.5) is 5.69 Å². The van der Waals surface area contributed by atoms with E-state index in [4.69, 9.17) is 11.6 Å². The van der Waals surface area contributed by atoms with Gasteiger partial charge in [-0.15, -0.1) is 5.10 Å². The highest BCUT2D eigenvalue weighted by molar-refractivity contribution is 6.33. The number of quaternary nitrogens is 1. The summed E-state index contributed by atoms with van der Waals surface area (Å²) in [6, 6.07) is 15.7. The van der Waals surface area contributed by atoms with Crippen molar-refractivity contribution in [1.82, 2.24) is 15.0 Å². The van der Waals surface area contributed by atoms with Gasteiger partial charge in [0, 0.05) is 12.8 Å². The van der Waals surface area contributed by atoms with Crippen molar-refractivity contribution in [2.75, 3.05) is 25.0 Å². The van der Waals surface area contributed by atoms with Crippen LogP contribution in [0.25, 0.3) is 11.0 Å². The lowest BCUT2D eigenvalue weighted by Gasteiger charge is -2.29. The fraction of sp³-hybridized carbons (Fsp3) is 0.316. The van der Waals surface area contributed by atoms with E-state index in [2.05, 4.69) is 21.7 Å². The molecule has 2 heterocycles. The van der Waals surface area contributed by atoms with Crippen LogP contribution in [0.2, 0.25) is 5.02 Å². The number of para-hydroxylation sites is 2. The number of aromatic nitrogens is 3. The van der Waals surface area contributed by atoms with Crippen molar-refractivity contribution in [3.63, 3.8) is 0 Å². The standard InChI is InChI=1S/C19H20ClN5O/c20-15-5-1-2-6-16(15)21-19(26)13-24-11-9-14(10-12-24)25-18-8-4-3-7-17(18)22-23-25/h1-8,14H,9-13H2,(H,21,26)/p+1. The van der Waals surface area contributed by atoms with Gasteiger partial charge in [0.05, 0.1) is 35.4 Å². The highest BCUT2D eigenvalue weighted by Crippen LogP contribution is 2.22. The molecule has 1 aliphatic rings. The zero-order chi connectivity index (χ0) is 17.9. The minimum absolute atomic E-state index is 0.00208. The van der Waals surface area contributed by atoms with Gasteiger partial charge in [-0.05, 0) is 24.3 Å². The fourth-order valence-corrected chi connectivity index (χ4v) is 3.76. The molecule has 1 saturated heterocycles. The fourth-order valence-electron chi connectivity index (χ4n) is 3.57. The van der Waals surface area contributed by atoms with Crippen LogP contribution in [-0.4, -0.2) is 40.5 Å². The lowest BCUT2D eigenvalue weighted by atomic mass is 10.0. The normalized spacial score (nSPS) is 20.2. The number of carbonyl (C=O) groups is 1. The predicted octanol–water partition coefficient (Wildman–Crippen LogP) is 1.94. The molecule has 0 atom stereocenters. The molecular formula is C19H21ClN5O+. The minimum atomic E-state index is -0.00208. The predicted molar refractivity (Wildman–Crippen MR) is 101 cm³/mol. The molecule has 1 aliphatic heterocycles. The molecule has 0 bridgehead atoms. The second-order valence-electron chi connectivity index (χ2n) is 6.71. The lowest BCUT2D eigenvalue weighted by molar-refractivity contribution is -0.897. The Morgan fingerprint density at radius 3 is 2.69 bits per heavy atom. The number of amides is 1. The molecule has 7 heteroatoms. The molecule has 0 unspecified atom stereocenters. The molecule has 4 rings (SSSR count). The molecule has 2 aromatic carbocycles. The van der Waals surface area contributed by atoms with Crippen molar-refractivity contribution < 1.29 is 9.69 Å². The number of fused-ring (bicyclic) bond motifs is 1. The summed E-state index contributed by atoms with van der Waals surface area (Å²) in [6.45, 7) is 2.33. The zero-order valence-corrected chi connectivity index (χ0v) is 15.1. The van der Waals surface area contributed by atoms with E-state index in [9.17, 15) is 4.79 Å². The number of carbonyl (C=O) groups excluding carboxylic acids is 1. The maximum Gasteiger partial charge on any atom is 0.279 e. The summed E-state index contributed by atoms with van der Waals surface area (Å²) in [5, 5.41) is 12.0. The second-order valence-corrected chi connectivity index (χ2v) is 7.12. The lowest BCUT2D eigenvalue weighted by Crippen LogP contribution is -3.14. The number of anilines is 1. The van der Waals surface area contributed by atoms with Crippen molar-refractivity contribution in [3.05, 3.63) is 53.6 Å². The van der Waals surface area contributed by atoms with Gasteiger partial charge < -0.3 is 10.2 Å². The number of likely N-dealkylation sites (tertiary alicyclic amines) is 1. The Hall–Kier alpha value is -2.44. The molecule has 134 valence electrons. The van der Waals surface area contributed by atoms with Gasteiger partial charge in [-0.1, -0.05) is 41.1 Å². The zero-order valence-electron chi connectivity index (χ0n) is 14.4. The third-order valence-corrected chi connectivity index (χ3v) is 5.27. The SMILES string of the molecule is O=C(C[NH+]1CCC(n2nnc3ccccc32)CC1)Nc1ccccc1Cl. The summed E-state index contributed by atoms with van der Waals surface area (Å²) in [7, 11) is 0. The molecule has 6 nitrogen and oxygen atoms in total. The molecule has 0 saturated carbocycles. The van der Waals surface area contributed by atoms with Crippen molar-refractivity contribution in [2.45, 2.75) is 18.9 Å². The summed E-state index contributed by atoms with van der Waals surface area (Å²) in [4.78, 5) is 13.6. The minimum Gasteiger partial charge on any atom is -0.327 e. The second kappa shape index (κ2) is 7.43.